The average molecular weight is 512 g/mol. The number of benzene rings is 2. The molecular weight excluding hydrogens is 492 g/mol. The van der Waals surface area contributed by atoms with Crippen LogP contribution >= 0.6 is 0 Å². The topological polar surface area (TPSA) is 105 Å². The maximum Gasteiger partial charge on any atom is 0.405 e. The summed E-state index contributed by atoms with van der Waals surface area (Å²) in [5, 5.41) is 16.9. The minimum Gasteiger partial charge on any atom is -0.360 e. The Morgan fingerprint density at radius 2 is 1.92 bits per heavy atom. The zero-order chi connectivity index (χ0) is 26.7. The molecule has 1 fully saturated rings. The van der Waals surface area contributed by atoms with E-state index in [0.717, 1.165) is 11.0 Å². The van der Waals surface area contributed by atoms with Crippen LogP contribution in [0.4, 0.5) is 17.6 Å². The van der Waals surface area contributed by atoms with Gasteiger partial charge in [0.25, 0.3) is 11.5 Å². The summed E-state index contributed by atoms with van der Waals surface area (Å²) in [5.74, 6) is -1.55. The number of aromatic nitrogens is 2. The summed E-state index contributed by atoms with van der Waals surface area (Å²) in [6.07, 6.45) is -4.36. The first-order valence-electron chi connectivity index (χ1n) is 11.1. The number of nitriles is 1. The van der Waals surface area contributed by atoms with Gasteiger partial charge >= 0.3 is 6.18 Å². The number of amides is 1. The molecule has 190 valence electrons. The molecule has 1 aromatic heterocycles. The largest absolute Gasteiger partial charge is 0.405 e. The summed E-state index contributed by atoms with van der Waals surface area (Å²) in [6, 6.07) is 12.5. The molecule has 3 aromatic rings. The molecule has 8 nitrogen and oxygen atoms in total. The standard InChI is InChI=1S/C25H20F4N6O2/c1-31-21(12-30)22-13-34(8-9-35(22)14-25(27,28)29)24(37)18-10-15(6-7-19(18)26)11-20-16-4-2-3-5-17(16)23(36)33-32-20/h2-7,10H,1,8-9,11,13-14H2,(H,33,36)/b22-21-. The quantitative estimate of drug-likeness (QED) is 0.321. The molecular formula is C25H20F4N6O2. The number of piperazine rings is 1. The zero-order valence-electron chi connectivity index (χ0n) is 19.3. The van der Waals surface area contributed by atoms with Gasteiger partial charge in [0.15, 0.2) is 5.70 Å². The van der Waals surface area contributed by atoms with E-state index in [2.05, 4.69) is 21.9 Å². The van der Waals surface area contributed by atoms with Gasteiger partial charge in [0.05, 0.1) is 28.9 Å². The maximum atomic E-state index is 14.7. The first-order chi connectivity index (χ1) is 17.6. The van der Waals surface area contributed by atoms with E-state index in [4.69, 9.17) is 0 Å². The van der Waals surface area contributed by atoms with Crippen molar-refractivity contribution in [1.82, 2.24) is 20.0 Å². The van der Waals surface area contributed by atoms with Crippen LogP contribution in [0.15, 0.2) is 63.6 Å². The maximum absolute atomic E-state index is 14.7. The fraction of sp³-hybridized carbons (Fsp3) is 0.240. The minimum absolute atomic E-state index is 0.116. The molecule has 0 saturated carbocycles. The van der Waals surface area contributed by atoms with E-state index >= 15 is 0 Å². The van der Waals surface area contributed by atoms with Gasteiger partial charge in [-0.2, -0.15) is 23.5 Å². The van der Waals surface area contributed by atoms with Crippen LogP contribution in [0.2, 0.25) is 0 Å². The Bertz CT molecular complexity index is 1510. The number of hydrogen-bond donors (Lipinski definition) is 1. The molecule has 0 spiro atoms. The minimum atomic E-state index is -4.54. The fourth-order valence-electron chi connectivity index (χ4n) is 4.23. The summed E-state index contributed by atoms with van der Waals surface area (Å²) < 4.78 is 53.9. The van der Waals surface area contributed by atoms with E-state index in [1.54, 1.807) is 30.3 Å². The number of aromatic amines is 1. The van der Waals surface area contributed by atoms with E-state index in [9.17, 15) is 32.4 Å². The van der Waals surface area contributed by atoms with Gasteiger partial charge in [0.2, 0.25) is 0 Å². The van der Waals surface area contributed by atoms with Crippen molar-refractivity contribution in [3.05, 3.63) is 86.9 Å². The molecule has 0 unspecified atom stereocenters. The van der Waals surface area contributed by atoms with Gasteiger partial charge < -0.3 is 9.80 Å². The molecule has 1 saturated heterocycles. The van der Waals surface area contributed by atoms with E-state index in [1.807, 2.05) is 0 Å². The number of hydrogen-bond acceptors (Lipinski definition) is 6. The Labute approximate surface area is 208 Å². The second-order valence-electron chi connectivity index (χ2n) is 8.36. The molecule has 2 heterocycles. The molecule has 0 bridgehead atoms. The molecule has 1 N–H and O–H groups in total. The van der Waals surface area contributed by atoms with E-state index in [1.165, 1.54) is 17.0 Å². The number of aliphatic imine (C=N–C) groups is 1. The number of fused-ring (bicyclic) bond motifs is 1. The molecule has 1 aliphatic rings. The van der Waals surface area contributed by atoms with Crippen LogP contribution in [0.5, 0.6) is 0 Å². The number of allylic oxidation sites excluding steroid dienone is 1. The molecule has 4 rings (SSSR count). The lowest BCUT2D eigenvalue weighted by Crippen LogP contribution is -2.50. The second-order valence-corrected chi connectivity index (χ2v) is 8.36. The van der Waals surface area contributed by atoms with Crippen LogP contribution in [0.3, 0.4) is 0 Å². The van der Waals surface area contributed by atoms with Gasteiger partial charge in [-0.25, -0.2) is 9.49 Å². The van der Waals surface area contributed by atoms with Crippen molar-refractivity contribution in [1.29, 1.82) is 5.26 Å². The Hall–Kier alpha value is -4.53. The number of H-pyrrole nitrogens is 1. The SMILES string of the molecule is C=N/C(C#N)=C1/CN(C(=O)c2cc(Cc3n[nH]c(=O)c4ccccc34)ccc2F)CCN1CC(F)(F)F. The fourth-order valence-corrected chi connectivity index (χ4v) is 4.23. The number of alkyl halides is 3. The van der Waals surface area contributed by atoms with Crippen LogP contribution in [-0.2, 0) is 6.42 Å². The highest BCUT2D eigenvalue weighted by molar-refractivity contribution is 5.95. The third-order valence-electron chi connectivity index (χ3n) is 5.96. The van der Waals surface area contributed by atoms with Gasteiger partial charge in [-0.05, 0) is 30.5 Å². The molecule has 0 aliphatic carbocycles. The summed E-state index contributed by atoms with van der Waals surface area (Å²) in [4.78, 5) is 30.9. The highest BCUT2D eigenvalue weighted by Gasteiger charge is 2.36. The Kier molecular flexibility index (Phi) is 7.06. The summed E-state index contributed by atoms with van der Waals surface area (Å²) in [7, 11) is 0. The monoisotopic (exact) mass is 512 g/mol. The van der Waals surface area contributed by atoms with Gasteiger partial charge in [-0.15, -0.1) is 0 Å². The van der Waals surface area contributed by atoms with Crippen molar-refractivity contribution in [3.63, 3.8) is 0 Å². The third-order valence-corrected chi connectivity index (χ3v) is 5.96. The van der Waals surface area contributed by atoms with Crippen LogP contribution < -0.4 is 5.56 Å². The second kappa shape index (κ2) is 10.2. The zero-order valence-corrected chi connectivity index (χ0v) is 19.3. The summed E-state index contributed by atoms with van der Waals surface area (Å²) >= 11 is 0. The Morgan fingerprint density at radius 1 is 1.19 bits per heavy atom. The van der Waals surface area contributed by atoms with Crippen molar-refractivity contribution in [3.8, 4) is 6.07 Å². The first kappa shape index (κ1) is 25.6. The molecule has 2 aromatic carbocycles. The highest BCUT2D eigenvalue weighted by atomic mass is 19.4. The highest BCUT2D eigenvalue weighted by Crippen LogP contribution is 2.26. The van der Waals surface area contributed by atoms with Crippen LogP contribution in [0.1, 0.15) is 21.6 Å². The van der Waals surface area contributed by atoms with Crippen molar-refractivity contribution in [2.45, 2.75) is 12.6 Å². The third kappa shape index (κ3) is 5.50. The molecule has 1 amide bonds. The molecule has 37 heavy (non-hydrogen) atoms. The van der Waals surface area contributed by atoms with Crippen molar-refractivity contribution in [2.75, 3.05) is 26.2 Å². The number of carbonyl (C=O) groups excluding carboxylic acids is 1. The van der Waals surface area contributed by atoms with E-state index < -0.39 is 24.4 Å². The predicted molar refractivity (Wildman–Crippen MR) is 127 cm³/mol. The normalized spacial score (nSPS) is 15.4. The summed E-state index contributed by atoms with van der Waals surface area (Å²) in [6.45, 7) is 1.19. The van der Waals surface area contributed by atoms with Crippen LogP contribution in [0.25, 0.3) is 10.8 Å². The number of nitrogens with zero attached hydrogens (tertiary/aromatic N) is 5. The van der Waals surface area contributed by atoms with E-state index in [-0.39, 0.29) is 48.6 Å². The average Bonchev–Trinajstić information content (AvgIpc) is 2.87. The van der Waals surface area contributed by atoms with Crippen molar-refractivity contribution < 1.29 is 22.4 Å². The van der Waals surface area contributed by atoms with E-state index in [0.29, 0.717) is 22.0 Å². The van der Waals surface area contributed by atoms with Gasteiger partial charge in [-0.1, -0.05) is 24.3 Å². The summed E-state index contributed by atoms with van der Waals surface area (Å²) in [5.41, 5.74) is -0.0382. The number of carbonyl (C=O) groups is 1. The Morgan fingerprint density at radius 3 is 2.59 bits per heavy atom. The van der Waals surface area contributed by atoms with Gasteiger partial charge in [-0.3, -0.25) is 14.6 Å². The molecule has 1 aliphatic heterocycles. The lowest BCUT2D eigenvalue weighted by atomic mass is 10.0. The predicted octanol–water partition coefficient (Wildman–Crippen LogP) is 3.41. The van der Waals surface area contributed by atoms with Crippen LogP contribution in [-0.4, -0.2) is 65.0 Å². The van der Waals surface area contributed by atoms with Crippen molar-refractivity contribution >= 4 is 23.4 Å². The number of nitrogens with one attached hydrogen (secondary N) is 1. The first-order valence-corrected chi connectivity index (χ1v) is 11.1. The smallest absolute Gasteiger partial charge is 0.360 e. The van der Waals surface area contributed by atoms with Crippen molar-refractivity contribution in [2.24, 2.45) is 4.99 Å². The molecule has 12 heteroatoms. The van der Waals surface area contributed by atoms with Gasteiger partial charge in [0.1, 0.15) is 18.4 Å². The molecule has 0 radical (unpaired) electrons. The lowest BCUT2D eigenvalue weighted by Gasteiger charge is -2.38. The molecule has 0 atom stereocenters. The Balaban J connectivity index is 1.63. The number of halogens is 4. The van der Waals surface area contributed by atoms with Gasteiger partial charge in [0, 0.05) is 24.9 Å². The number of rotatable bonds is 5. The van der Waals surface area contributed by atoms with Crippen LogP contribution in [0, 0.1) is 17.1 Å². The lowest BCUT2D eigenvalue weighted by molar-refractivity contribution is -0.144.